The van der Waals surface area contributed by atoms with E-state index in [1.165, 1.54) is 0 Å². The van der Waals surface area contributed by atoms with Crippen LogP contribution in [0.2, 0.25) is 0 Å². The number of rotatable bonds is 6. The first-order valence-corrected chi connectivity index (χ1v) is 7.13. The molecular formula is C11H18Cl2N2O3. The van der Waals surface area contributed by atoms with Crippen LogP contribution in [0.5, 0.6) is 0 Å². The third kappa shape index (κ3) is 2.81. The van der Waals surface area contributed by atoms with E-state index in [1.54, 1.807) is 0 Å². The van der Waals surface area contributed by atoms with Gasteiger partial charge in [0.25, 0.3) is 0 Å². The van der Waals surface area contributed by atoms with Gasteiger partial charge >= 0.3 is 0 Å². The average molecular weight is 297 g/mol. The molecule has 5 nitrogen and oxygen atoms in total. The van der Waals surface area contributed by atoms with E-state index in [-0.39, 0.29) is 29.8 Å². The first-order chi connectivity index (χ1) is 8.56. The number of alkyl halides is 2. The van der Waals surface area contributed by atoms with Gasteiger partial charge in [0.15, 0.2) is 5.78 Å². The van der Waals surface area contributed by atoms with Crippen molar-refractivity contribution in [2.45, 2.75) is 24.3 Å². The van der Waals surface area contributed by atoms with Gasteiger partial charge in [-0.1, -0.05) is 0 Å². The van der Waals surface area contributed by atoms with E-state index in [9.17, 15) is 15.0 Å². The Bertz CT molecular complexity index is 279. The van der Waals surface area contributed by atoms with Crippen LogP contribution in [0, 0.1) is 0 Å². The van der Waals surface area contributed by atoms with Crippen molar-refractivity contribution in [2.24, 2.45) is 0 Å². The highest BCUT2D eigenvalue weighted by atomic mass is 35.5. The van der Waals surface area contributed by atoms with Crippen LogP contribution in [-0.2, 0) is 4.79 Å². The molecule has 0 aliphatic carbocycles. The monoisotopic (exact) mass is 296 g/mol. The van der Waals surface area contributed by atoms with Gasteiger partial charge in [-0.2, -0.15) is 0 Å². The number of halogens is 2. The summed E-state index contributed by atoms with van der Waals surface area (Å²) in [6, 6.07) is -0.784. The molecule has 2 atom stereocenters. The SMILES string of the molecule is O=C(C(CCl)N1CC(O)C1)C(CCl)N1CC(O)C1. The minimum atomic E-state index is -0.392. The Morgan fingerprint density at radius 2 is 1.33 bits per heavy atom. The molecule has 0 radical (unpaired) electrons. The molecule has 18 heavy (non-hydrogen) atoms. The normalized spacial score (nSPS) is 26.4. The van der Waals surface area contributed by atoms with Gasteiger partial charge in [0.05, 0.1) is 24.3 Å². The molecule has 0 spiro atoms. The van der Waals surface area contributed by atoms with Gasteiger partial charge in [-0.25, -0.2) is 0 Å². The summed E-state index contributed by atoms with van der Waals surface area (Å²) in [5.41, 5.74) is 0. The van der Waals surface area contributed by atoms with Crippen LogP contribution < -0.4 is 0 Å². The van der Waals surface area contributed by atoms with Gasteiger partial charge in [0.1, 0.15) is 0 Å². The minimum Gasteiger partial charge on any atom is -0.390 e. The predicted molar refractivity (Wildman–Crippen MR) is 69.2 cm³/mol. The summed E-state index contributed by atoms with van der Waals surface area (Å²) in [5, 5.41) is 18.6. The lowest BCUT2D eigenvalue weighted by atomic mass is 9.98. The number of carbonyl (C=O) groups excluding carboxylic acids is 1. The van der Waals surface area contributed by atoms with Crippen LogP contribution in [0.25, 0.3) is 0 Å². The highest BCUT2D eigenvalue weighted by Crippen LogP contribution is 2.20. The number of nitrogens with zero attached hydrogens (tertiary/aromatic N) is 2. The largest absolute Gasteiger partial charge is 0.390 e. The van der Waals surface area contributed by atoms with Crippen LogP contribution in [0.1, 0.15) is 0 Å². The van der Waals surface area contributed by atoms with E-state index >= 15 is 0 Å². The third-order valence-electron chi connectivity index (χ3n) is 3.61. The summed E-state index contributed by atoms with van der Waals surface area (Å²) in [6.07, 6.45) is -0.715. The van der Waals surface area contributed by atoms with Crippen molar-refractivity contribution >= 4 is 29.0 Å². The molecule has 0 aromatic carbocycles. The molecular weight excluding hydrogens is 279 g/mol. The third-order valence-corrected chi connectivity index (χ3v) is 4.20. The molecule has 2 saturated heterocycles. The number of hydrogen-bond acceptors (Lipinski definition) is 5. The summed E-state index contributed by atoms with van der Waals surface area (Å²) >= 11 is 11.7. The Hall–Kier alpha value is 0.0900. The summed E-state index contributed by atoms with van der Waals surface area (Å²) in [5.74, 6) is 0.392. The molecule has 2 aliphatic rings. The maximum Gasteiger partial charge on any atom is 0.169 e. The summed E-state index contributed by atoms with van der Waals surface area (Å²) in [7, 11) is 0. The first-order valence-electron chi connectivity index (χ1n) is 6.06. The Kier molecular flexibility index (Phi) is 4.86. The predicted octanol–water partition coefficient (Wildman–Crippen LogP) is -0.877. The lowest BCUT2D eigenvalue weighted by Crippen LogP contribution is -2.65. The molecule has 0 amide bonds. The van der Waals surface area contributed by atoms with Gasteiger partial charge in [-0.15, -0.1) is 23.2 Å². The van der Waals surface area contributed by atoms with E-state index in [4.69, 9.17) is 23.2 Å². The first kappa shape index (κ1) is 14.5. The van der Waals surface area contributed by atoms with E-state index in [0.29, 0.717) is 26.2 Å². The zero-order valence-electron chi connectivity index (χ0n) is 10.0. The summed E-state index contributed by atoms with van der Waals surface area (Å²) in [6.45, 7) is 1.95. The van der Waals surface area contributed by atoms with Gasteiger partial charge in [0.2, 0.25) is 0 Å². The van der Waals surface area contributed by atoms with Crippen molar-refractivity contribution in [1.82, 2.24) is 9.80 Å². The topological polar surface area (TPSA) is 64.0 Å². The van der Waals surface area contributed by atoms with Crippen molar-refractivity contribution in [3.05, 3.63) is 0 Å². The molecule has 0 aromatic rings. The second-order valence-electron chi connectivity index (χ2n) is 4.96. The maximum atomic E-state index is 12.4. The number of β-amino-alcohol motifs (C(OH)–C–C–N with tert-alkyl or cyclic N) is 2. The number of aliphatic hydroxyl groups excluding tert-OH is 2. The number of hydrogen-bond donors (Lipinski definition) is 2. The number of Topliss-reactive ketones (excluding diaryl/α,β-unsaturated/α-hetero) is 1. The van der Waals surface area contributed by atoms with Crippen LogP contribution in [-0.4, -0.2) is 88.0 Å². The van der Waals surface area contributed by atoms with Crippen molar-refractivity contribution in [1.29, 1.82) is 0 Å². The van der Waals surface area contributed by atoms with E-state index in [0.717, 1.165) is 0 Å². The zero-order valence-corrected chi connectivity index (χ0v) is 11.5. The molecule has 2 N–H and O–H groups in total. The molecule has 7 heteroatoms. The highest BCUT2D eigenvalue weighted by molar-refractivity contribution is 6.22. The number of aliphatic hydroxyl groups is 2. The van der Waals surface area contributed by atoms with Crippen LogP contribution in [0.15, 0.2) is 0 Å². The average Bonchev–Trinajstić information content (AvgIpc) is 2.26. The minimum absolute atomic E-state index is 0.0150. The van der Waals surface area contributed by atoms with Crippen molar-refractivity contribution in [3.63, 3.8) is 0 Å². The fourth-order valence-corrected chi connectivity index (χ4v) is 3.11. The molecule has 0 saturated carbocycles. The van der Waals surface area contributed by atoms with Gasteiger partial charge in [-0.3, -0.25) is 14.6 Å². The van der Waals surface area contributed by atoms with Crippen molar-refractivity contribution in [3.8, 4) is 0 Å². The Balaban J connectivity index is 1.94. The van der Waals surface area contributed by atoms with Crippen LogP contribution >= 0.6 is 23.2 Å². The molecule has 2 fully saturated rings. The Morgan fingerprint density at radius 3 is 1.56 bits per heavy atom. The quantitative estimate of drug-likeness (QED) is 0.624. The summed E-state index contributed by atoms with van der Waals surface area (Å²) in [4.78, 5) is 16.1. The number of carbonyl (C=O) groups is 1. The molecule has 2 heterocycles. The standard InChI is InChI=1S/C11H18Cl2N2O3/c12-1-9(14-3-7(16)4-14)11(18)10(2-13)15-5-8(17)6-15/h7-10,16-17H,1-6H2. The van der Waals surface area contributed by atoms with Crippen molar-refractivity contribution < 1.29 is 15.0 Å². The van der Waals surface area contributed by atoms with E-state index in [1.807, 2.05) is 9.80 Å². The van der Waals surface area contributed by atoms with E-state index in [2.05, 4.69) is 0 Å². The fraction of sp³-hybridized carbons (Fsp3) is 0.909. The lowest BCUT2D eigenvalue weighted by Gasteiger charge is -2.45. The Morgan fingerprint density at radius 1 is 1.00 bits per heavy atom. The van der Waals surface area contributed by atoms with E-state index < -0.39 is 12.1 Å². The van der Waals surface area contributed by atoms with Crippen molar-refractivity contribution in [2.75, 3.05) is 37.9 Å². The van der Waals surface area contributed by atoms with Gasteiger partial charge in [0, 0.05) is 37.9 Å². The maximum absolute atomic E-state index is 12.4. The molecule has 2 aliphatic heterocycles. The number of ketones is 1. The smallest absolute Gasteiger partial charge is 0.169 e. The molecule has 0 aromatic heterocycles. The fourth-order valence-electron chi connectivity index (χ4n) is 2.41. The van der Waals surface area contributed by atoms with Crippen LogP contribution in [0.3, 0.4) is 0 Å². The van der Waals surface area contributed by atoms with Gasteiger partial charge < -0.3 is 10.2 Å². The molecule has 0 bridgehead atoms. The molecule has 2 unspecified atom stereocenters. The summed E-state index contributed by atoms with van der Waals surface area (Å²) < 4.78 is 0. The second-order valence-corrected chi connectivity index (χ2v) is 5.58. The Labute approximate surface area is 116 Å². The molecule has 2 rings (SSSR count). The van der Waals surface area contributed by atoms with Gasteiger partial charge in [-0.05, 0) is 0 Å². The van der Waals surface area contributed by atoms with Crippen LogP contribution in [0.4, 0.5) is 0 Å². The zero-order chi connectivity index (χ0) is 13.3. The lowest BCUT2D eigenvalue weighted by molar-refractivity contribution is -0.136. The highest BCUT2D eigenvalue weighted by Gasteiger charge is 2.41. The second kappa shape index (κ2) is 6.03. The number of likely N-dealkylation sites (tertiary alicyclic amines) is 2. The molecule has 104 valence electrons.